The number of aliphatic hydroxyl groups is 2. The summed E-state index contributed by atoms with van der Waals surface area (Å²) in [4.78, 5) is 14.9. The molecule has 0 aliphatic heterocycles. The number of fused-ring (bicyclic) bond motifs is 5. The highest BCUT2D eigenvalue weighted by Crippen LogP contribution is 2.69. The first-order valence-corrected chi connectivity index (χ1v) is 18.5. The lowest BCUT2D eigenvalue weighted by Crippen LogP contribution is -2.62. The summed E-state index contributed by atoms with van der Waals surface area (Å²) in [6.45, 7) is 9.61. The molecule has 2 N–H and O–H groups in total. The zero-order valence-corrected chi connectivity index (χ0v) is 27.5. The van der Waals surface area contributed by atoms with E-state index in [9.17, 15) is 28.0 Å². The smallest absolute Gasteiger partial charge is 0.222 e. The number of nitrogens with zero attached hydrogens (tertiary/aromatic N) is 1. The molecule has 4 aliphatic carbocycles. The van der Waals surface area contributed by atoms with Gasteiger partial charge >= 0.3 is 0 Å². The number of amides is 1. The maximum atomic E-state index is 13.4. The molecule has 0 radical (unpaired) electrons. The number of aliphatic hydroxyl groups excluding tert-OH is 2. The van der Waals surface area contributed by atoms with Gasteiger partial charge in [-0.15, -0.1) is 0 Å². The molecule has 4 aliphatic rings. The Hall–Kier alpha value is -1.48. The molecule has 4 saturated carbocycles. The van der Waals surface area contributed by atoms with Crippen LogP contribution in [0.3, 0.4) is 0 Å². The summed E-state index contributed by atoms with van der Waals surface area (Å²) in [5.41, 5.74) is 1.22. The van der Waals surface area contributed by atoms with Gasteiger partial charge < -0.3 is 19.7 Å². The Morgan fingerprint density at radius 1 is 1.02 bits per heavy atom. The Balaban J connectivity index is 1.27. The minimum atomic E-state index is -4.42. The highest BCUT2D eigenvalue weighted by Gasteiger charge is 2.64. The SMILES string of the molecule is CC[C@H]1[C@@H](O)[C@@H]2[C@H](CC[C@]3(C)[C@@H]([C@H](C)CCC(=O)N(CCS(=O)(=O)[O-])Cc4ccccc4)CC[C@@H]23)[C@@]2(C)CC[C@@H](O)C[C@@H]12. The summed E-state index contributed by atoms with van der Waals surface area (Å²) in [5.74, 6) is 2.02. The molecule has 0 bridgehead atoms. The topological polar surface area (TPSA) is 118 Å². The molecular formula is C35H54NO6S-. The summed E-state index contributed by atoms with van der Waals surface area (Å²) in [5, 5.41) is 22.5. The molecule has 43 heavy (non-hydrogen) atoms. The summed E-state index contributed by atoms with van der Waals surface area (Å²) in [6.07, 6.45) is 8.74. The van der Waals surface area contributed by atoms with Gasteiger partial charge in [-0.2, -0.15) is 0 Å². The maximum Gasteiger partial charge on any atom is 0.222 e. The first-order valence-electron chi connectivity index (χ1n) is 16.9. The molecule has 0 spiro atoms. The van der Waals surface area contributed by atoms with Crippen LogP contribution in [0.1, 0.15) is 97.5 Å². The average Bonchev–Trinajstić information content (AvgIpc) is 3.32. The van der Waals surface area contributed by atoms with Crippen LogP contribution in [0.15, 0.2) is 30.3 Å². The van der Waals surface area contributed by atoms with Gasteiger partial charge in [-0.25, -0.2) is 8.42 Å². The molecule has 0 unspecified atom stereocenters. The highest BCUT2D eigenvalue weighted by molar-refractivity contribution is 7.85. The lowest BCUT2D eigenvalue weighted by molar-refractivity contribution is -0.203. The molecule has 8 heteroatoms. The third kappa shape index (κ3) is 6.45. The zero-order chi connectivity index (χ0) is 31.2. The fourth-order valence-electron chi connectivity index (χ4n) is 11.0. The third-order valence-corrected chi connectivity index (χ3v) is 13.8. The largest absolute Gasteiger partial charge is 0.748 e. The van der Waals surface area contributed by atoms with Gasteiger partial charge in [0.2, 0.25) is 5.91 Å². The molecule has 0 heterocycles. The van der Waals surface area contributed by atoms with Crippen molar-refractivity contribution in [3.05, 3.63) is 35.9 Å². The molecular weight excluding hydrogens is 562 g/mol. The van der Waals surface area contributed by atoms with Crippen molar-refractivity contribution in [1.82, 2.24) is 4.90 Å². The van der Waals surface area contributed by atoms with Gasteiger partial charge in [-0.3, -0.25) is 4.79 Å². The monoisotopic (exact) mass is 616 g/mol. The summed E-state index contributed by atoms with van der Waals surface area (Å²) < 4.78 is 34.1. The molecule has 1 aromatic rings. The molecule has 1 aromatic carbocycles. The first kappa shape index (κ1) is 32.9. The maximum absolute atomic E-state index is 13.4. The van der Waals surface area contributed by atoms with Gasteiger partial charge in [-0.1, -0.05) is 64.4 Å². The van der Waals surface area contributed by atoms with E-state index in [-0.39, 0.29) is 41.4 Å². The normalized spacial score (nSPS) is 39.8. The summed E-state index contributed by atoms with van der Waals surface area (Å²) in [7, 11) is -4.42. The molecule has 5 rings (SSSR count). The molecule has 7 nitrogen and oxygen atoms in total. The van der Waals surface area contributed by atoms with Crippen LogP contribution in [0, 0.1) is 52.3 Å². The van der Waals surface area contributed by atoms with Crippen LogP contribution < -0.4 is 0 Å². The van der Waals surface area contributed by atoms with Crippen LogP contribution >= 0.6 is 0 Å². The van der Waals surface area contributed by atoms with Crippen molar-refractivity contribution in [3.63, 3.8) is 0 Å². The Morgan fingerprint density at radius 3 is 2.37 bits per heavy atom. The molecule has 0 aromatic heterocycles. The van der Waals surface area contributed by atoms with E-state index in [4.69, 9.17) is 0 Å². The summed E-state index contributed by atoms with van der Waals surface area (Å²) >= 11 is 0. The second-order valence-corrected chi connectivity index (χ2v) is 16.7. The van der Waals surface area contributed by atoms with E-state index in [1.54, 1.807) is 0 Å². The van der Waals surface area contributed by atoms with Crippen molar-refractivity contribution in [3.8, 4) is 0 Å². The predicted molar refractivity (Wildman–Crippen MR) is 167 cm³/mol. The zero-order valence-electron chi connectivity index (χ0n) is 26.7. The Bertz CT molecular complexity index is 1220. The fourth-order valence-corrected chi connectivity index (χ4v) is 11.4. The number of hydrogen-bond donors (Lipinski definition) is 2. The fraction of sp³-hybridized carbons (Fsp3) is 0.800. The van der Waals surface area contributed by atoms with Crippen molar-refractivity contribution in [2.24, 2.45) is 52.3 Å². The van der Waals surface area contributed by atoms with Gasteiger partial charge in [0.25, 0.3) is 0 Å². The molecule has 1 amide bonds. The van der Waals surface area contributed by atoms with E-state index < -0.39 is 15.9 Å². The second-order valence-electron chi connectivity index (χ2n) is 15.2. The van der Waals surface area contributed by atoms with Gasteiger partial charge in [0.05, 0.1) is 28.1 Å². The Labute approximate surface area is 259 Å². The van der Waals surface area contributed by atoms with Crippen LogP contribution in [-0.4, -0.2) is 58.5 Å². The summed E-state index contributed by atoms with van der Waals surface area (Å²) in [6, 6.07) is 9.49. The molecule has 4 fully saturated rings. The average molecular weight is 617 g/mol. The van der Waals surface area contributed by atoms with Crippen molar-refractivity contribution >= 4 is 16.0 Å². The molecule has 0 saturated heterocycles. The van der Waals surface area contributed by atoms with Gasteiger partial charge in [-0.05, 0) is 109 Å². The van der Waals surface area contributed by atoms with Crippen molar-refractivity contribution in [2.75, 3.05) is 12.3 Å². The highest BCUT2D eigenvalue weighted by atomic mass is 32.2. The van der Waals surface area contributed by atoms with Gasteiger partial charge in [0.1, 0.15) is 0 Å². The predicted octanol–water partition coefficient (Wildman–Crippen LogP) is 5.60. The molecule has 242 valence electrons. The number of carbonyl (C=O) groups excluding carboxylic acids is 1. The van der Waals surface area contributed by atoms with Gasteiger partial charge in [0, 0.05) is 19.5 Å². The van der Waals surface area contributed by atoms with Crippen LogP contribution in [0.2, 0.25) is 0 Å². The first-order chi connectivity index (χ1) is 20.3. The van der Waals surface area contributed by atoms with Crippen molar-refractivity contribution < 1.29 is 28.0 Å². The lowest BCUT2D eigenvalue weighted by atomic mass is 9.41. The van der Waals surface area contributed by atoms with E-state index in [1.807, 2.05) is 30.3 Å². The number of hydrogen-bond acceptors (Lipinski definition) is 6. The third-order valence-electron chi connectivity index (χ3n) is 13.1. The van der Waals surface area contributed by atoms with E-state index in [2.05, 4.69) is 27.7 Å². The van der Waals surface area contributed by atoms with Crippen LogP contribution in [0.4, 0.5) is 0 Å². The standard InChI is InChI=1S/C35H55NO6S/c1-5-26-30-21-25(37)15-17-35(30,4)29-16-18-34(3)27(12-13-28(34)32(29)33(26)39)23(2)11-14-31(38)36(19-20-43(40,41)42)22-24-9-7-6-8-10-24/h6-10,23,25-30,32-33,37,39H,5,11-22H2,1-4H3,(H,40,41,42)/p-1/t23-,25-,26-,27-,28+,29+,30+,32+,33-,34-,35-/m1/s1. The minimum absolute atomic E-state index is 0.0898. The van der Waals surface area contributed by atoms with E-state index in [1.165, 1.54) is 4.90 Å². The van der Waals surface area contributed by atoms with Crippen LogP contribution in [0.5, 0.6) is 0 Å². The molecule has 11 atom stereocenters. The Kier molecular flexibility index (Phi) is 9.74. The second kappa shape index (κ2) is 12.7. The number of carbonyl (C=O) groups is 1. The van der Waals surface area contributed by atoms with Gasteiger partial charge in [0.15, 0.2) is 0 Å². The number of benzene rings is 1. The van der Waals surface area contributed by atoms with Crippen molar-refractivity contribution in [1.29, 1.82) is 0 Å². The lowest BCUT2D eigenvalue weighted by Gasteiger charge is -2.64. The van der Waals surface area contributed by atoms with E-state index in [0.717, 1.165) is 63.4 Å². The van der Waals surface area contributed by atoms with Crippen LogP contribution in [-0.2, 0) is 21.5 Å². The number of rotatable bonds is 10. The van der Waals surface area contributed by atoms with Crippen LogP contribution in [0.25, 0.3) is 0 Å². The van der Waals surface area contributed by atoms with Crippen molar-refractivity contribution in [2.45, 2.75) is 111 Å². The Morgan fingerprint density at radius 2 is 1.70 bits per heavy atom. The minimum Gasteiger partial charge on any atom is -0.748 e. The quantitative estimate of drug-likeness (QED) is 0.330. The van der Waals surface area contributed by atoms with E-state index >= 15 is 0 Å². The van der Waals surface area contributed by atoms with E-state index in [0.29, 0.717) is 48.5 Å².